The highest BCUT2D eigenvalue weighted by Gasteiger charge is 2.17. The molecule has 0 radical (unpaired) electrons. The van der Waals surface area contributed by atoms with Gasteiger partial charge in [0.05, 0.1) is 4.88 Å². The molecule has 2 aromatic rings. The summed E-state index contributed by atoms with van der Waals surface area (Å²) in [6, 6.07) is 8.89. The first-order valence-corrected chi connectivity index (χ1v) is 8.72. The number of hydrazine groups is 1. The summed E-state index contributed by atoms with van der Waals surface area (Å²) in [4.78, 5) is 26.0. The van der Waals surface area contributed by atoms with Crippen molar-refractivity contribution in [2.24, 2.45) is 0 Å². The van der Waals surface area contributed by atoms with E-state index in [1.165, 1.54) is 34.6 Å². The van der Waals surface area contributed by atoms with E-state index < -0.39 is 0 Å². The number of nitrogens with one attached hydrogen (secondary N) is 2. The molecule has 1 heterocycles. The van der Waals surface area contributed by atoms with Crippen molar-refractivity contribution in [3.8, 4) is 0 Å². The molecule has 0 spiro atoms. The van der Waals surface area contributed by atoms with E-state index in [-0.39, 0.29) is 11.8 Å². The van der Waals surface area contributed by atoms with Gasteiger partial charge in [-0.25, -0.2) is 0 Å². The molecule has 6 heteroatoms. The summed E-state index contributed by atoms with van der Waals surface area (Å²) in [5.74, 6) is -0.591. The van der Waals surface area contributed by atoms with Crippen molar-refractivity contribution in [1.29, 1.82) is 0 Å². The molecule has 1 aliphatic carbocycles. The fourth-order valence-corrected chi connectivity index (χ4v) is 3.86. The highest BCUT2D eigenvalue weighted by atomic mass is 79.9. The molecular weight excluding hydrogens is 364 g/mol. The maximum atomic E-state index is 12.1. The van der Waals surface area contributed by atoms with Crippen LogP contribution in [0.5, 0.6) is 0 Å². The van der Waals surface area contributed by atoms with Crippen LogP contribution in [0.15, 0.2) is 34.8 Å². The van der Waals surface area contributed by atoms with Gasteiger partial charge in [-0.3, -0.25) is 20.4 Å². The third-order valence-electron chi connectivity index (χ3n) is 3.62. The maximum absolute atomic E-state index is 12.1. The van der Waals surface area contributed by atoms with Crippen molar-refractivity contribution in [1.82, 2.24) is 10.9 Å². The predicted octanol–water partition coefficient (Wildman–Crippen LogP) is 3.46. The van der Waals surface area contributed by atoms with E-state index in [2.05, 4.69) is 26.8 Å². The molecule has 1 aliphatic rings. The lowest BCUT2D eigenvalue weighted by atomic mass is 9.99. The van der Waals surface area contributed by atoms with Crippen molar-refractivity contribution >= 4 is 39.1 Å². The predicted molar refractivity (Wildman–Crippen MR) is 90.0 cm³/mol. The van der Waals surface area contributed by atoms with Gasteiger partial charge in [0, 0.05) is 14.9 Å². The first kappa shape index (κ1) is 15.2. The van der Waals surface area contributed by atoms with Crippen LogP contribution in [0.3, 0.4) is 0 Å². The van der Waals surface area contributed by atoms with Gasteiger partial charge >= 0.3 is 0 Å². The lowest BCUT2D eigenvalue weighted by molar-refractivity contribution is 0.0849. The number of rotatable bonds is 2. The number of thiophene rings is 1. The van der Waals surface area contributed by atoms with Gasteiger partial charge in [-0.05, 0) is 61.6 Å². The third kappa shape index (κ3) is 3.39. The van der Waals surface area contributed by atoms with Crippen LogP contribution in [0.25, 0.3) is 0 Å². The number of amides is 2. The molecule has 0 atom stereocenters. The number of fused-ring (bicyclic) bond motifs is 1. The van der Waals surface area contributed by atoms with Gasteiger partial charge in [-0.15, -0.1) is 11.3 Å². The second-order valence-corrected chi connectivity index (χ2v) is 7.23. The molecule has 0 unspecified atom stereocenters. The van der Waals surface area contributed by atoms with Crippen LogP contribution < -0.4 is 10.9 Å². The summed E-state index contributed by atoms with van der Waals surface area (Å²) in [6.07, 6.45) is 4.48. The second-order valence-electron chi connectivity index (χ2n) is 5.18. The fraction of sp³-hybridized carbons (Fsp3) is 0.250. The van der Waals surface area contributed by atoms with Crippen LogP contribution in [-0.2, 0) is 12.8 Å². The summed E-state index contributed by atoms with van der Waals surface area (Å²) in [5.41, 5.74) is 6.70. The van der Waals surface area contributed by atoms with E-state index in [9.17, 15) is 9.59 Å². The van der Waals surface area contributed by atoms with Gasteiger partial charge in [-0.2, -0.15) is 0 Å². The van der Waals surface area contributed by atoms with Gasteiger partial charge < -0.3 is 0 Å². The molecule has 114 valence electrons. The van der Waals surface area contributed by atoms with Crippen LogP contribution in [0.1, 0.15) is 43.3 Å². The Labute approximate surface area is 141 Å². The number of halogens is 1. The minimum Gasteiger partial charge on any atom is -0.267 e. The number of hydrogen-bond donors (Lipinski definition) is 2. The Morgan fingerprint density at radius 3 is 2.41 bits per heavy atom. The highest BCUT2D eigenvalue weighted by molar-refractivity contribution is 9.10. The Kier molecular flexibility index (Phi) is 4.59. The first-order chi connectivity index (χ1) is 10.6. The van der Waals surface area contributed by atoms with Crippen LogP contribution >= 0.6 is 27.3 Å². The fourth-order valence-electron chi connectivity index (χ4n) is 2.45. The number of carbonyl (C=O) groups excluding carboxylic acids is 2. The standard InChI is InChI=1S/C16H15BrN2O2S/c17-12-7-5-10(6-8-12)15(20)18-19-16(21)14-9-11-3-1-2-4-13(11)22-14/h5-9H,1-4H2,(H,18,20)(H,19,21). The van der Waals surface area contributed by atoms with E-state index in [1.54, 1.807) is 24.3 Å². The van der Waals surface area contributed by atoms with Crippen molar-refractivity contribution in [3.05, 3.63) is 55.7 Å². The molecule has 3 rings (SSSR count). The summed E-state index contributed by atoms with van der Waals surface area (Å²) in [5, 5.41) is 0. The molecule has 1 aromatic carbocycles. The quantitative estimate of drug-likeness (QED) is 0.786. The molecular formula is C16H15BrN2O2S. The van der Waals surface area contributed by atoms with Crippen LogP contribution in [0.4, 0.5) is 0 Å². The van der Waals surface area contributed by atoms with E-state index in [0.717, 1.165) is 17.3 Å². The van der Waals surface area contributed by atoms with Crippen LogP contribution in [-0.4, -0.2) is 11.8 Å². The average Bonchev–Trinajstić information content (AvgIpc) is 2.97. The molecule has 22 heavy (non-hydrogen) atoms. The Morgan fingerprint density at radius 2 is 1.68 bits per heavy atom. The Hall–Kier alpha value is -1.66. The normalized spacial score (nSPS) is 13.3. The average molecular weight is 379 g/mol. The molecule has 4 nitrogen and oxygen atoms in total. The molecule has 0 bridgehead atoms. The first-order valence-electron chi connectivity index (χ1n) is 7.11. The van der Waals surface area contributed by atoms with Gasteiger partial charge in [-0.1, -0.05) is 15.9 Å². The molecule has 2 amide bonds. The Bertz CT molecular complexity index is 686. The van der Waals surface area contributed by atoms with E-state index >= 15 is 0 Å². The Balaban J connectivity index is 1.61. The number of carbonyl (C=O) groups is 2. The number of benzene rings is 1. The topological polar surface area (TPSA) is 58.2 Å². The van der Waals surface area contributed by atoms with Crippen molar-refractivity contribution < 1.29 is 9.59 Å². The smallest absolute Gasteiger partial charge is 0.267 e. The number of hydrogen-bond acceptors (Lipinski definition) is 3. The zero-order valence-electron chi connectivity index (χ0n) is 11.8. The molecule has 0 saturated heterocycles. The Morgan fingerprint density at radius 1 is 1.00 bits per heavy atom. The zero-order valence-corrected chi connectivity index (χ0v) is 14.2. The van der Waals surface area contributed by atoms with Crippen molar-refractivity contribution in [2.75, 3.05) is 0 Å². The van der Waals surface area contributed by atoms with Gasteiger partial charge in [0.15, 0.2) is 0 Å². The van der Waals surface area contributed by atoms with Gasteiger partial charge in [0.25, 0.3) is 11.8 Å². The third-order valence-corrected chi connectivity index (χ3v) is 5.38. The summed E-state index contributed by atoms with van der Waals surface area (Å²) >= 11 is 4.84. The van der Waals surface area contributed by atoms with E-state index in [0.29, 0.717) is 10.4 Å². The van der Waals surface area contributed by atoms with Crippen molar-refractivity contribution in [3.63, 3.8) is 0 Å². The molecule has 0 saturated carbocycles. The molecule has 0 aliphatic heterocycles. The van der Waals surface area contributed by atoms with Gasteiger partial charge in [0.2, 0.25) is 0 Å². The van der Waals surface area contributed by atoms with Crippen molar-refractivity contribution in [2.45, 2.75) is 25.7 Å². The highest BCUT2D eigenvalue weighted by Crippen LogP contribution is 2.29. The summed E-state index contributed by atoms with van der Waals surface area (Å²) < 4.78 is 0.900. The largest absolute Gasteiger partial charge is 0.279 e. The van der Waals surface area contributed by atoms with Gasteiger partial charge in [0.1, 0.15) is 0 Å². The zero-order chi connectivity index (χ0) is 15.5. The van der Waals surface area contributed by atoms with Crippen LogP contribution in [0, 0.1) is 0 Å². The molecule has 2 N–H and O–H groups in total. The lowest BCUT2D eigenvalue weighted by Crippen LogP contribution is -2.41. The second kappa shape index (κ2) is 6.62. The summed E-state index contributed by atoms with van der Waals surface area (Å²) in [6.45, 7) is 0. The maximum Gasteiger partial charge on any atom is 0.279 e. The monoisotopic (exact) mass is 378 g/mol. The van der Waals surface area contributed by atoms with E-state index in [4.69, 9.17) is 0 Å². The number of aryl methyl sites for hydroxylation is 2. The lowest BCUT2D eigenvalue weighted by Gasteiger charge is -2.08. The SMILES string of the molecule is O=C(NNC(=O)c1cc2c(s1)CCCC2)c1ccc(Br)cc1. The van der Waals surface area contributed by atoms with Crippen LogP contribution in [0.2, 0.25) is 0 Å². The molecule has 0 fully saturated rings. The van der Waals surface area contributed by atoms with E-state index in [1.807, 2.05) is 6.07 Å². The summed E-state index contributed by atoms with van der Waals surface area (Å²) in [7, 11) is 0. The minimum atomic E-state index is -0.331. The molecule has 1 aromatic heterocycles. The minimum absolute atomic E-state index is 0.259.